The van der Waals surface area contributed by atoms with E-state index in [1.165, 1.54) is 0 Å². The highest BCUT2D eigenvalue weighted by Crippen LogP contribution is 2.18. The fraction of sp³-hybridized carbons (Fsp3) is 0.111. The molecule has 0 aromatic carbocycles. The Balaban J connectivity index is 2.37. The highest BCUT2D eigenvalue weighted by atomic mass is 15.1. The third-order valence-corrected chi connectivity index (χ3v) is 1.94. The molecule has 0 spiro atoms. The van der Waals surface area contributed by atoms with Crippen molar-refractivity contribution in [3.05, 3.63) is 46.6 Å². The first kappa shape index (κ1) is 9.23. The summed E-state index contributed by atoms with van der Waals surface area (Å²) in [7, 11) is 0. The molecule has 0 aliphatic rings. The first-order valence-electron chi connectivity index (χ1n) is 4.36. The van der Waals surface area contributed by atoms with Crippen molar-refractivity contribution in [1.82, 2.24) is 15.2 Å². The van der Waals surface area contributed by atoms with Gasteiger partial charge >= 0.3 is 0 Å². The molecule has 2 aromatic rings. The molecule has 0 atom stereocenters. The summed E-state index contributed by atoms with van der Waals surface area (Å²) in [6.45, 7) is 0.277. The lowest BCUT2D eigenvalue weighted by Gasteiger charge is -1.98. The number of pyridine rings is 1. The van der Waals surface area contributed by atoms with Crippen molar-refractivity contribution >= 4 is 0 Å². The van der Waals surface area contributed by atoms with E-state index in [1.807, 2.05) is 18.2 Å². The Kier molecular flexibility index (Phi) is 2.62. The molecule has 0 fully saturated rings. The Morgan fingerprint density at radius 1 is 1.47 bits per heavy atom. The van der Waals surface area contributed by atoms with E-state index < -0.39 is 0 Å². The van der Waals surface area contributed by atoms with Gasteiger partial charge in [0.05, 0.1) is 24.1 Å². The quantitative estimate of drug-likeness (QED) is 0.467. The zero-order valence-corrected chi connectivity index (χ0v) is 7.83. The predicted octanol–water partition coefficient (Wildman–Crippen LogP) is 2.28. The summed E-state index contributed by atoms with van der Waals surface area (Å²) in [6.07, 6.45) is 3.34. The molecule has 0 aliphatic heterocycles. The lowest BCUT2D eigenvalue weighted by Crippen LogP contribution is -1.87. The molecule has 0 saturated carbocycles. The third-order valence-electron chi connectivity index (χ3n) is 1.94. The maximum Gasteiger partial charge on any atom is 0.0883 e. The van der Waals surface area contributed by atoms with Gasteiger partial charge in [-0.3, -0.25) is 10.1 Å². The molecule has 0 bridgehead atoms. The van der Waals surface area contributed by atoms with Crippen LogP contribution in [0.2, 0.25) is 0 Å². The molecule has 0 unspecified atom stereocenters. The standard InChI is InChI=1S/C9H8N6/c10-15-13-6-7-5-12-14-9(7)8-3-1-2-4-11-8/h1-5H,6H2,(H,12,14). The predicted molar refractivity (Wildman–Crippen MR) is 54.7 cm³/mol. The lowest BCUT2D eigenvalue weighted by atomic mass is 10.2. The van der Waals surface area contributed by atoms with Gasteiger partial charge in [0.25, 0.3) is 0 Å². The molecule has 0 aliphatic carbocycles. The average Bonchev–Trinajstić information content (AvgIpc) is 2.75. The Morgan fingerprint density at radius 3 is 3.13 bits per heavy atom. The van der Waals surface area contributed by atoms with E-state index >= 15 is 0 Å². The Hall–Kier alpha value is -2.33. The van der Waals surface area contributed by atoms with Crippen molar-refractivity contribution in [3.63, 3.8) is 0 Å². The van der Waals surface area contributed by atoms with E-state index in [9.17, 15) is 0 Å². The first-order valence-corrected chi connectivity index (χ1v) is 4.36. The van der Waals surface area contributed by atoms with Crippen LogP contribution < -0.4 is 0 Å². The minimum Gasteiger partial charge on any atom is -0.276 e. The summed E-state index contributed by atoms with van der Waals surface area (Å²) < 4.78 is 0. The van der Waals surface area contributed by atoms with Crippen molar-refractivity contribution in [2.75, 3.05) is 0 Å². The molecule has 6 heteroatoms. The Labute approximate surface area is 85.6 Å². The van der Waals surface area contributed by atoms with Crippen molar-refractivity contribution < 1.29 is 0 Å². The Bertz CT molecular complexity index is 482. The smallest absolute Gasteiger partial charge is 0.0883 e. The van der Waals surface area contributed by atoms with Gasteiger partial charge in [0.2, 0.25) is 0 Å². The monoisotopic (exact) mass is 200 g/mol. The number of hydrogen-bond acceptors (Lipinski definition) is 3. The van der Waals surface area contributed by atoms with Gasteiger partial charge in [-0.1, -0.05) is 11.2 Å². The number of hydrogen-bond donors (Lipinski definition) is 1. The molecule has 1 N–H and O–H groups in total. The molecule has 15 heavy (non-hydrogen) atoms. The molecular weight excluding hydrogens is 192 g/mol. The molecule has 2 aromatic heterocycles. The Morgan fingerprint density at radius 2 is 2.40 bits per heavy atom. The topological polar surface area (TPSA) is 90.3 Å². The van der Waals surface area contributed by atoms with E-state index in [0.717, 1.165) is 17.0 Å². The fourth-order valence-electron chi connectivity index (χ4n) is 1.27. The van der Waals surface area contributed by atoms with Crippen LogP contribution >= 0.6 is 0 Å². The number of nitrogens with one attached hydrogen (secondary N) is 1. The minimum atomic E-state index is 0.277. The largest absolute Gasteiger partial charge is 0.276 e. The van der Waals surface area contributed by atoms with Gasteiger partial charge in [-0.25, -0.2) is 0 Å². The van der Waals surface area contributed by atoms with Crippen LogP contribution in [0.15, 0.2) is 35.7 Å². The van der Waals surface area contributed by atoms with Crippen LogP contribution in [0.3, 0.4) is 0 Å². The van der Waals surface area contributed by atoms with Crippen molar-refractivity contribution in [1.29, 1.82) is 0 Å². The van der Waals surface area contributed by atoms with Crippen molar-refractivity contribution in [2.24, 2.45) is 5.11 Å². The maximum atomic E-state index is 8.24. The summed E-state index contributed by atoms with van der Waals surface area (Å²) in [5, 5.41) is 10.2. The van der Waals surface area contributed by atoms with Crippen LogP contribution in [0.25, 0.3) is 21.8 Å². The third kappa shape index (κ3) is 1.95. The lowest BCUT2D eigenvalue weighted by molar-refractivity contribution is 1.05. The number of aromatic nitrogens is 3. The van der Waals surface area contributed by atoms with E-state index in [0.29, 0.717) is 0 Å². The average molecular weight is 200 g/mol. The zero-order valence-electron chi connectivity index (χ0n) is 7.83. The second-order valence-corrected chi connectivity index (χ2v) is 2.87. The number of aromatic amines is 1. The highest BCUT2D eigenvalue weighted by molar-refractivity contribution is 5.57. The first-order chi connectivity index (χ1) is 7.42. The van der Waals surface area contributed by atoms with Crippen molar-refractivity contribution in [2.45, 2.75) is 6.54 Å². The second kappa shape index (κ2) is 4.26. The van der Waals surface area contributed by atoms with E-state index in [4.69, 9.17) is 5.53 Å². The van der Waals surface area contributed by atoms with Crippen molar-refractivity contribution in [3.8, 4) is 11.4 Å². The summed E-state index contributed by atoms with van der Waals surface area (Å²) in [5.74, 6) is 0. The van der Waals surface area contributed by atoms with Gasteiger partial charge in [-0.2, -0.15) is 5.10 Å². The molecule has 0 saturated heterocycles. The van der Waals surface area contributed by atoms with Crippen LogP contribution in [0, 0.1) is 0 Å². The number of rotatable bonds is 3. The maximum absolute atomic E-state index is 8.24. The molecule has 0 radical (unpaired) electrons. The molecule has 6 nitrogen and oxygen atoms in total. The summed E-state index contributed by atoms with van der Waals surface area (Å²) in [5.41, 5.74) is 10.7. The number of azide groups is 1. The SMILES string of the molecule is [N-]=[N+]=NCc1cn[nH]c1-c1ccccn1. The van der Waals surface area contributed by atoms with Gasteiger partial charge in [0.15, 0.2) is 0 Å². The summed E-state index contributed by atoms with van der Waals surface area (Å²) in [4.78, 5) is 6.89. The van der Waals surface area contributed by atoms with Gasteiger partial charge in [-0.15, -0.1) is 0 Å². The van der Waals surface area contributed by atoms with E-state index in [2.05, 4.69) is 25.2 Å². The summed E-state index contributed by atoms with van der Waals surface area (Å²) in [6, 6.07) is 5.60. The number of nitrogens with zero attached hydrogens (tertiary/aromatic N) is 5. The number of H-pyrrole nitrogens is 1. The molecule has 2 heterocycles. The van der Waals surface area contributed by atoms with Gasteiger partial charge in [0.1, 0.15) is 0 Å². The fourth-order valence-corrected chi connectivity index (χ4v) is 1.27. The van der Waals surface area contributed by atoms with Crippen LogP contribution in [0.1, 0.15) is 5.56 Å². The molecular formula is C9H8N6. The molecule has 2 rings (SSSR count). The van der Waals surface area contributed by atoms with Crippen LogP contribution in [0.4, 0.5) is 0 Å². The molecule has 0 amide bonds. The zero-order chi connectivity index (χ0) is 10.5. The normalized spacial score (nSPS) is 9.60. The molecule has 74 valence electrons. The van der Waals surface area contributed by atoms with Crippen LogP contribution in [0.5, 0.6) is 0 Å². The van der Waals surface area contributed by atoms with E-state index in [1.54, 1.807) is 12.4 Å². The van der Waals surface area contributed by atoms with Gasteiger partial charge < -0.3 is 0 Å². The minimum absolute atomic E-state index is 0.277. The van der Waals surface area contributed by atoms with Crippen LogP contribution in [-0.2, 0) is 6.54 Å². The van der Waals surface area contributed by atoms with Gasteiger partial charge in [-0.05, 0) is 17.7 Å². The van der Waals surface area contributed by atoms with Gasteiger partial charge in [0, 0.05) is 16.7 Å². The second-order valence-electron chi connectivity index (χ2n) is 2.87. The highest BCUT2D eigenvalue weighted by Gasteiger charge is 2.06. The summed E-state index contributed by atoms with van der Waals surface area (Å²) >= 11 is 0. The van der Waals surface area contributed by atoms with Crippen LogP contribution in [-0.4, -0.2) is 15.2 Å². The van der Waals surface area contributed by atoms with E-state index in [-0.39, 0.29) is 6.54 Å².